The lowest BCUT2D eigenvalue weighted by atomic mass is 10.1. The normalized spacial score (nSPS) is 10.2. The Balaban J connectivity index is 1.75. The summed E-state index contributed by atoms with van der Waals surface area (Å²) in [4.78, 5) is 22.4. The zero-order valence-corrected chi connectivity index (χ0v) is 14.6. The van der Waals surface area contributed by atoms with Crippen LogP contribution in [0.15, 0.2) is 60.9 Å². The molecule has 3 rings (SSSR count). The molecule has 7 nitrogen and oxygen atoms in total. The first-order valence-electron chi connectivity index (χ1n) is 8.08. The van der Waals surface area contributed by atoms with Crippen LogP contribution in [0.2, 0.25) is 0 Å². The van der Waals surface area contributed by atoms with Crippen molar-refractivity contribution in [3.8, 4) is 0 Å². The summed E-state index contributed by atoms with van der Waals surface area (Å²) in [6.07, 6.45) is 1.39. The third-order valence-corrected chi connectivity index (χ3v) is 3.93. The number of nitrogens with zero attached hydrogens (tertiary/aromatic N) is 3. The van der Waals surface area contributed by atoms with Crippen molar-refractivity contribution in [1.82, 2.24) is 15.4 Å². The Morgan fingerprint density at radius 2 is 1.73 bits per heavy atom. The van der Waals surface area contributed by atoms with E-state index in [0.29, 0.717) is 22.9 Å². The lowest BCUT2D eigenvalue weighted by Gasteiger charge is -2.21. The fourth-order valence-electron chi connectivity index (χ4n) is 2.42. The molecule has 4 N–H and O–H groups in total. The maximum atomic E-state index is 12.2. The molecule has 26 heavy (non-hydrogen) atoms. The average molecular weight is 348 g/mol. The van der Waals surface area contributed by atoms with E-state index in [1.165, 1.54) is 6.33 Å². The van der Waals surface area contributed by atoms with Crippen LogP contribution in [0.4, 0.5) is 23.0 Å². The van der Waals surface area contributed by atoms with E-state index < -0.39 is 0 Å². The molecule has 0 unspecified atom stereocenters. The topological polar surface area (TPSA) is 96.2 Å². The number of rotatable bonds is 5. The molecule has 0 fully saturated rings. The number of nitrogens with one attached hydrogen (secondary N) is 2. The lowest BCUT2D eigenvalue weighted by molar-refractivity contribution is 0.0962. The van der Waals surface area contributed by atoms with Crippen LogP contribution in [0.5, 0.6) is 0 Å². The maximum absolute atomic E-state index is 12.2. The summed E-state index contributed by atoms with van der Waals surface area (Å²) >= 11 is 0. The van der Waals surface area contributed by atoms with Gasteiger partial charge in [0.1, 0.15) is 12.0 Å². The van der Waals surface area contributed by atoms with Gasteiger partial charge in [-0.2, -0.15) is 0 Å². The predicted molar refractivity (Wildman–Crippen MR) is 103 cm³/mol. The predicted octanol–water partition coefficient (Wildman–Crippen LogP) is 2.89. The van der Waals surface area contributed by atoms with Gasteiger partial charge in [0.25, 0.3) is 5.91 Å². The van der Waals surface area contributed by atoms with Gasteiger partial charge in [-0.25, -0.2) is 9.97 Å². The van der Waals surface area contributed by atoms with Crippen molar-refractivity contribution in [1.29, 1.82) is 0 Å². The van der Waals surface area contributed by atoms with Crippen LogP contribution in [-0.4, -0.2) is 22.9 Å². The molecule has 3 aromatic rings. The van der Waals surface area contributed by atoms with Crippen LogP contribution in [0.1, 0.15) is 15.9 Å². The molecule has 0 aliphatic carbocycles. The zero-order valence-electron chi connectivity index (χ0n) is 14.6. The van der Waals surface area contributed by atoms with E-state index in [0.717, 1.165) is 11.3 Å². The minimum Gasteiger partial charge on any atom is -0.393 e. The molecule has 0 aliphatic heterocycles. The molecule has 0 atom stereocenters. The maximum Gasteiger partial charge on any atom is 0.269 e. The minimum absolute atomic E-state index is 0.277. The largest absolute Gasteiger partial charge is 0.393 e. The monoisotopic (exact) mass is 348 g/mol. The van der Waals surface area contributed by atoms with Crippen molar-refractivity contribution in [2.24, 2.45) is 0 Å². The molecular formula is C19H20N6O. The number of benzene rings is 2. The van der Waals surface area contributed by atoms with Crippen LogP contribution in [0, 0.1) is 6.92 Å². The highest BCUT2D eigenvalue weighted by atomic mass is 16.2. The Hall–Kier alpha value is -3.61. The quantitative estimate of drug-likeness (QED) is 0.614. The summed E-state index contributed by atoms with van der Waals surface area (Å²) in [6, 6.07) is 17.0. The van der Waals surface area contributed by atoms with E-state index in [-0.39, 0.29) is 5.91 Å². The molecule has 1 aromatic heterocycles. The second kappa shape index (κ2) is 7.52. The van der Waals surface area contributed by atoms with Gasteiger partial charge >= 0.3 is 0 Å². The van der Waals surface area contributed by atoms with Crippen molar-refractivity contribution < 1.29 is 4.79 Å². The van der Waals surface area contributed by atoms with Gasteiger partial charge in [0.2, 0.25) is 0 Å². The average Bonchev–Trinajstić information content (AvgIpc) is 2.67. The SMILES string of the molecule is Cc1ccc(C(=O)NNc2ncnc(N(C)c3ccccc3)c2N)cc1. The first-order chi connectivity index (χ1) is 12.6. The number of nitrogens with two attached hydrogens (primary N) is 1. The number of carbonyl (C=O) groups is 1. The van der Waals surface area contributed by atoms with Gasteiger partial charge in [-0.15, -0.1) is 0 Å². The summed E-state index contributed by atoms with van der Waals surface area (Å²) in [5.74, 6) is 0.595. The van der Waals surface area contributed by atoms with E-state index in [1.54, 1.807) is 12.1 Å². The molecule has 7 heteroatoms. The van der Waals surface area contributed by atoms with Crippen LogP contribution >= 0.6 is 0 Å². The van der Waals surface area contributed by atoms with Gasteiger partial charge < -0.3 is 10.6 Å². The summed E-state index contributed by atoms with van der Waals surface area (Å²) in [6.45, 7) is 1.96. The number of para-hydroxylation sites is 1. The Morgan fingerprint density at radius 3 is 2.42 bits per heavy atom. The van der Waals surface area contributed by atoms with Gasteiger partial charge in [0, 0.05) is 18.3 Å². The van der Waals surface area contributed by atoms with E-state index in [4.69, 9.17) is 5.73 Å². The number of nitrogen functional groups attached to an aromatic ring is 1. The van der Waals surface area contributed by atoms with E-state index in [9.17, 15) is 4.79 Å². The van der Waals surface area contributed by atoms with Gasteiger partial charge in [0.05, 0.1) is 0 Å². The van der Waals surface area contributed by atoms with Crippen molar-refractivity contribution >= 4 is 28.9 Å². The molecule has 0 spiro atoms. The van der Waals surface area contributed by atoms with E-state index in [1.807, 2.05) is 61.3 Å². The molecule has 132 valence electrons. The van der Waals surface area contributed by atoms with Gasteiger partial charge in [-0.1, -0.05) is 35.9 Å². The Labute approximate surface area is 151 Å². The summed E-state index contributed by atoms with van der Waals surface area (Å²) in [5.41, 5.74) is 14.5. The molecular weight excluding hydrogens is 328 g/mol. The van der Waals surface area contributed by atoms with E-state index in [2.05, 4.69) is 20.8 Å². The van der Waals surface area contributed by atoms with Gasteiger partial charge in [-0.05, 0) is 31.2 Å². The number of amides is 1. The van der Waals surface area contributed by atoms with Crippen LogP contribution in [0.3, 0.4) is 0 Å². The smallest absolute Gasteiger partial charge is 0.269 e. The molecule has 0 saturated carbocycles. The van der Waals surface area contributed by atoms with Crippen molar-refractivity contribution in [2.45, 2.75) is 6.92 Å². The second-order valence-electron chi connectivity index (χ2n) is 5.80. The fraction of sp³-hybridized carbons (Fsp3) is 0.105. The van der Waals surface area contributed by atoms with E-state index >= 15 is 0 Å². The van der Waals surface area contributed by atoms with Crippen molar-refractivity contribution in [3.05, 3.63) is 72.1 Å². The highest BCUT2D eigenvalue weighted by Gasteiger charge is 2.14. The third kappa shape index (κ3) is 3.72. The Kier molecular flexibility index (Phi) is 4.98. The second-order valence-corrected chi connectivity index (χ2v) is 5.80. The lowest BCUT2D eigenvalue weighted by Crippen LogP contribution is -2.30. The van der Waals surface area contributed by atoms with Crippen LogP contribution in [0.25, 0.3) is 0 Å². The van der Waals surface area contributed by atoms with Crippen molar-refractivity contribution in [3.63, 3.8) is 0 Å². The molecule has 1 heterocycles. The standard InChI is InChI=1S/C19H20N6O/c1-13-8-10-14(11-9-13)19(26)24-23-17-16(20)18(22-12-21-17)25(2)15-6-4-3-5-7-15/h3-12H,20H2,1-2H3,(H,24,26)(H,21,22,23). The number of anilines is 4. The van der Waals surface area contributed by atoms with Gasteiger partial charge in [0.15, 0.2) is 11.6 Å². The molecule has 0 saturated heterocycles. The van der Waals surface area contributed by atoms with Crippen LogP contribution < -0.4 is 21.5 Å². The molecule has 0 bridgehead atoms. The number of aryl methyl sites for hydroxylation is 1. The summed E-state index contributed by atoms with van der Waals surface area (Å²) < 4.78 is 0. The summed E-state index contributed by atoms with van der Waals surface area (Å²) in [5, 5.41) is 0. The third-order valence-electron chi connectivity index (χ3n) is 3.93. The molecule has 0 radical (unpaired) electrons. The molecule has 1 amide bonds. The number of hydrogen-bond acceptors (Lipinski definition) is 6. The summed E-state index contributed by atoms with van der Waals surface area (Å²) in [7, 11) is 1.86. The van der Waals surface area contributed by atoms with Crippen LogP contribution in [-0.2, 0) is 0 Å². The fourth-order valence-corrected chi connectivity index (χ4v) is 2.42. The molecule has 2 aromatic carbocycles. The number of hydrogen-bond donors (Lipinski definition) is 3. The number of aromatic nitrogens is 2. The Bertz CT molecular complexity index is 896. The highest BCUT2D eigenvalue weighted by Crippen LogP contribution is 2.29. The highest BCUT2D eigenvalue weighted by molar-refractivity contribution is 5.95. The first kappa shape index (κ1) is 17.2. The van der Waals surface area contributed by atoms with Crippen molar-refractivity contribution in [2.75, 3.05) is 23.1 Å². The zero-order chi connectivity index (χ0) is 18.5. The molecule has 0 aliphatic rings. The first-order valence-corrected chi connectivity index (χ1v) is 8.08. The van der Waals surface area contributed by atoms with Gasteiger partial charge in [-0.3, -0.25) is 15.6 Å². The Morgan fingerprint density at radius 1 is 1.04 bits per heavy atom. The number of carbonyl (C=O) groups excluding carboxylic acids is 1. The minimum atomic E-state index is -0.277. The number of hydrazine groups is 1.